The molecule has 0 spiro atoms. The van der Waals surface area contributed by atoms with E-state index < -0.39 is 30.3 Å². The van der Waals surface area contributed by atoms with E-state index in [0.717, 1.165) is 4.90 Å². The molecular weight excluding hydrogens is 538 g/mol. The maximum atomic E-state index is 13.1. The number of nitrogens with zero attached hydrogens (tertiary/aromatic N) is 1. The zero-order chi connectivity index (χ0) is 25.0. The highest BCUT2D eigenvalue weighted by molar-refractivity contribution is 6.35. The van der Waals surface area contributed by atoms with E-state index in [2.05, 4.69) is 5.32 Å². The monoisotopic (exact) mass is 554 g/mol. The molecule has 2 saturated carbocycles. The molecular formula is C24H18Cl4N2O5. The molecule has 35 heavy (non-hydrogen) atoms. The SMILES string of the molecule is O=C(COC(=O)c1ccc(N2C(=O)[C@@H]3[C@H]4C[C@@H]([C@H](Cl)[C@H]4Cl)[C@H]3C2=O)cc1)Nc1cc(Cl)ccc1Cl. The fourth-order valence-corrected chi connectivity index (χ4v) is 6.57. The number of hydrogen-bond donors (Lipinski definition) is 1. The topological polar surface area (TPSA) is 92.8 Å². The highest BCUT2D eigenvalue weighted by atomic mass is 35.5. The Balaban J connectivity index is 1.22. The number of imide groups is 1. The van der Waals surface area contributed by atoms with Gasteiger partial charge in [-0.25, -0.2) is 4.79 Å². The smallest absolute Gasteiger partial charge is 0.338 e. The number of hydrogen-bond acceptors (Lipinski definition) is 5. The van der Waals surface area contributed by atoms with Crippen molar-refractivity contribution in [3.05, 3.63) is 58.1 Å². The molecule has 3 fully saturated rings. The van der Waals surface area contributed by atoms with Crippen molar-refractivity contribution in [3.63, 3.8) is 0 Å². The average molecular weight is 556 g/mol. The van der Waals surface area contributed by atoms with Crippen LogP contribution in [0, 0.1) is 23.7 Å². The van der Waals surface area contributed by atoms with E-state index in [1.165, 1.54) is 36.4 Å². The number of halogens is 4. The van der Waals surface area contributed by atoms with Gasteiger partial charge >= 0.3 is 5.97 Å². The van der Waals surface area contributed by atoms with E-state index >= 15 is 0 Å². The number of ether oxygens (including phenoxy) is 1. The van der Waals surface area contributed by atoms with Gasteiger partial charge in [-0.1, -0.05) is 23.2 Å². The Bertz CT molecular complexity index is 1200. The second kappa shape index (κ2) is 9.28. The number of alkyl halides is 2. The zero-order valence-electron chi connectivity index (χ0n) is 17.9. The molecule has 6 atom stereocenters. The second-order valence-corrected chi connectivity index (χ2v) is 10.7. The van der Waals surface area contributed by atoms with Crippen LogP contribution in [0.2, 0.25) is 10.0 Å². The summed E-state index contributed by atoms with van der Waals surface area (Å²) in [5.74, 6) is -3.05. The molecule has 1 N–H and O–H groups in total. The highest BCUT2D eigenvalue weighted by Gasteiger charge is 2.66. The Kier molecular flexibility index (Phi) is 6.46. The van der Waals surface area contributed by atoms with Gasteiger partial charge in [-0.2, -0.15) is 0 Å². The van der Waals surface area contributed by atoms with Gasteiger partial charge in [0, 0.05) is 5.02 Å². The zero-order valence-corrected chi connectivity index (χ0v) is 20.9. The molecule has 0 unspecified atom stereocenters. The first-order valence-corrected chi connectivity index (χ1v) is 12.5. The molecule has 11 heteroatoms. The summed E-state index contributed by atoms with van der Waals surface area (Å²) in [7, 11) is 0. The Morgan fingerprint density at radius 1 is 0.943 bits per heavy atom. The summed E-state index contributed by atoms with van der Waals surface area (Å²) in [6.07, 6.45) is 0.685. The number of nitrogens with one attached hydrogen (secondary N) is 1. The first kappa shape index (κ1) is 24.4. The third kappa shape index (κ3) is 4.18. The molecule has 0 aromatic heterocycles. The van der Waals surface area contributed by atoms with Gasteiger partial charge in [0.05, 0.1) is 44.6 Å². The van der Waals surface area contributed by atoms with Crippen molar-refractivity contribution in [2.75, 3.05) is 16.8 Å². The highest BCUT2D eigenvalue weighted by Crippen LogP contribution is 2.59. The molecule has 2 aromatic carbocycles. The fraction of sp³-hybridized carbons (Fsp3) is 0.333. The van der Waals surface area contributed by atoms with Gasteiger partial charge in [0.2, 0.25) is 11.8 Å². The van der Waals surface area contributed by atoms with Crippen LogP contribution in [0.15, 0.2) is 42.5 Å². The number of fused-ring (bicyclic) bond motifs is 5. The standard InChI is InChI=1S/C24H18Cl4N2O5/c25-11-3-6-15(26)16(7-11)29-17(31)9-35-24(34)10-1-4-12(5-2-10)30-22(32)18-13-8-14(19(18)23(30)33)21(28)20(13)27/h1-7,13-14,18-21H,8-9H2,(H,29,31)/t13-,14-,18-,19-,20+,21+/m1/s1. The number of anilines is 2. The minimum atomic E-state index is -0.743. The largest absolute Gasteiger partial charge is 0.452 e. The van der Waals surface area contributed by atoms with Crippen LogP contribution in [0.5, 0.6) is 0 Å². The van der Waals surface area contributed by atoms with Crippen molar-refractivity contribution in [2.24, 2.45) is 23.7 Å². The van der Waals surface area contributed by atoms with Crippen molar-refractivity contribution >= 4 is 81.5 Å². The van der Waals surface area contributed by atoms with Crippen LogP contribution in [0.25, 0.3) is 0 Å². The lowest BCUT2D eigenvalue weighted by Gasteiger charge is -2.28. The number of carbonyl (C=O) groups is 4. The number of esters is 1. The van der Waals surface area contributed by atoms with Crippen LogP contribution in [-0.2, 0) is 19.1 Å². The number of rotatable bonds is 5. The summed E-state index contributed by atoms with van der Waals surface area (Å²) in [6, 6.07) is 10.4. The fourth-order valence-electron chi connectivity index (χ4n) is 5.34. The summed E-state index contributed by atoms with van der Waals surface area (Å²) in [4.78, 5) is 51.8. The van der Waals surface area contributed by atoms with Crippen LogP contribution in [0.4, 0.5) is 11.4 Å². The van der Waals surface area contributed by atoms with E-state index in [1.807, 2.05) is 0 Å². The molecule has 182 valence electrons. The third-order valence-electron chi connectivity index (χ3n) is 6.89. The molecule has 1 saturated heterocycles. The Labute approximate surface area is 220 Å². The summed E-state index contributed by atoms with van der Waals surface area (Å²) < 4.78 is 5.06. The molecule has 1 heterocycles. The van der Waals surface area contributed by atoms with Gasteiger partial charge in [0.1, 0.15) is 0 Å². The van der Waals surface area contributed by atoms with E-state index in [-0.39, 0.29) is 45.0 Å². The lowest BCUT2D eigenvalue weighted by atomic mass is 9.80. The van der Waals surface area contributed by atoms with Crippen molar-refractivity contribution in [1.29, 1.82) is 0 Å². The van der Waals surface area contributed by atoms with Gasteiger partial charge in [0.15, 0.2) is 6.61 Å². The summed E-state index contributed by atoms with van der Waals surface area (Å²) in [6.45, 7) is -0.544. The molecule has 3 amide bonds. The molecule has 5 rings (SSSR count). The molecule has 2 aliphatic carbocycles. The Morgan fingerprint density at radius 3 is 2.14 bits per heavy atom. The summed E-state index contributed by atoms with van der Waals surface area (Å²) in [5, 5.41) is 2.53. The van der Waals surface area contributed by atoms with Crippen LogP contribution < -0.4 is 10.2 Å². The Hall–Kier alpha value is -2.32. The number of benzene rings is 2. The van der Waals surface area contributed by atoms with E-state index in [4.69, 9.17) is 51.1 Å². The van der Waals surface area contributed by atoms with Crippen LogP contribution >= 0.6 is 46.4 Å². The van der Waals surface area contributed by atoms with E-state index in [1.54, 1.807) is 6.07 Å². The number of amides is 3. The van der Waals surface area contributed by atoms with Crippen molar-refractivity contribution in [3.8, 4) is 0 Å². The molecule has 2 bridgehead atoms. The summed E-state index contributed by atoms with van der Waals surface area (Å²) in [5.41, 5.74) is 0.808. The molecule has 0 radical (unpaired) electrons. The minimum Gasteiger partial charge on any atom is -0.452 e. The third-order valence-corrected chi connectivity index (χ3v) is 8.77. The molecule has 2 aromatic rings. The average Bonchev–Trinajstić information content (AvgIpc) is 3.45. The van der Waals surface area contributed by atoms with Gasteiger partial charge in [-0.3, -0.25) is 19.3 Å². The quantitative estimate of drug-likeness (QED) is 0.326. The predicted molar refractivity (Wildman–Crippen MR) is 132 cm³/mol. The first-order valence-electron chi connectivity index (χ1n) is 10.9. The lowest BCUT2D eigenvalue weighted by Crippen LogP contribution is -2.37. The van der Waals surface area contributed by atoms with E-state index in [0.29, 0.717) is 22.8 Å². The molecule has 3 aliphatic rings. The lowest BCUT2D eigenvalue weighted by molar-refractivity contribution is -0.123. The molecule has 1 aliphatic heterocycles. The van der Waals surface area contributed by atoms with Crippen molar-refractivity contribution in [1.82, 2.24) is 0 Å². The van der Waals surface area contributed by atoms with Crippen LogP contribution in [0.3, 0.4) is 0 Å². The van der Waals surface area contributed by atoms with Gasteiger partial charge in [0.25, 0.3) is 5.91 Å². The molecule has 7 nitrogen and oxygen atoms in total. The number of carbonyl (C=O) groups excluding carboxylic acids is 4. The minimum absolute atomic E-state index is 0.113. The summed E-state index contributed by atoms with van der Waals surface area (Å²) >= 11 is 24.7. The first-order chi connectivity index (χ1) is 16.7. The van der Waals surface area contributed by atoms with Crippen molar-refractivity contribution < 1.29 is 23.9 Å². The predicted octanol–water partition coefficient (Wildman–Crippen LogP) is 4.76. The normalized spacial score (nSPS) is 28.9. The van der Waals surface area contributed by atoms with Crippen LogP contribution in [0.1, 0.15) is 16.8 Å². The Morgan fingerprint density at radius 2 is 1.54 bits per heavy atom. The maximum Gasteiger partial charge on any atom is 0.338 e. The van der Waals surface area contributed by atoms with Gasteiger partial charge in [-0.15, -0.1) is 23.2 Å². The van der Waals surface area contributed by atoms with Gasteiger partial charge in [-0.05, 0) is 60.7 Å². The second-order valence-electron chi connectivity index (χ2n) is 8.81. The van der Waals surface area contributed by atoms with Crippen molar-refractivity contribution in [2.45, 2.75) is 17.2 Å². The van der Waals surface area contributed by atoms with Crippen LogP contribution in [-0.4, -0.2) is 41.1 Å². The van der Waals surface area contributed by atoms with Gasteiger partial charge < -0.3 is 10.1 Å². The van der Waals surface area contributed by atoms with E-state index in [9.17, 15) is 19.2 Å². The maximum absolute atomic E-state index is 13.1.